The molecule has 0 bridgehead atoms. The minimum Gasteiger partial charge on any atom is -0.366 e. The molecule has 32 heavy (non-hydrogen) atoms. The van der Waals surface area contributed by atoms with Crippen LogP contribution in [0.3, 0.4) is 0 Å². The summed E-state index contributed by atoms with van der Waals surface area (Å²) < 4.78 is 0. The molecule has 1 fully saturated rings. The maximum Gasteiger partial charge on any atom is 0.253 e. The fourth-order valence-electron chi connectivity index (χ4n) is 4.92. The van der Waals surface area contributed by atoms with Crippen molar-refractivity contribution in [2.24, 2.45) is 5.73 Å². The Bertz CT molecular complexity index is 1210. The Kier molecular flexibility index (Phi) is 5.02. The molecule has 162 valence electrons. The van der Waals surface area contributed by atoms with Crippen molar-refractivity contribution >= 4 is 11.8 Å². The number of benzene rings is 2. The first-order chi connectivity index (χ1) is 15.4. The number of carbonyl (C=O) groups excluding carboxylic acids is 2. The van der Waals surface area contributed by atoms with E-state index in [1.54, 1.807) is 6.07 Å². The number of nitrogens with two attached hydrogens (primary N) is 1. The maximum absolute atomic E-state index is 13.2. The SMILES string of the molecule is C[C@@H]1CN(C(=O)c2ccc3c(c2)Cc2c(C(N)=O)cc(-c4ccccc4)nc2-3)C[C@H](C)N1. The maximum atomic E-state index is 13.2. The summed E-state index contributed by atoms with van der Waals surface area (Å²) in [6.07, 6.45) is 0.542. The number of amides is 2. The Morgan fingerprint density at radius 3 is 2.44 bits per heavy atom. The molecule has 1 saturated heterocycles. The minimum atomic E-state index is -0.464. The van der Waals surface area contributed by atoms with Gasteiger partial charge in [0.1, 0.15) is 0 Å². The number of piperazine rings is 1. The third-order valence-corrected chi connectivity index (χ3v) is 6.28. The van der Waals surface area contributed by atoms with Crippen LogP contribution in [0.15, 0.2) is 54.6 Å². The number of aromatic nitrogens is 1. The van der Waals surface area contributed by atoms with Crippen LogP contribution in [0.4, 0.5) is 0 Å². The van der Waals surface area contributed by atoms with Gasteiger partial charge in [0.05, 0.1) is 11.4 Å². The van der Waals surface area contributed by atoms with Gasteiger partial charge in [-0.05, 0) is 43.2 Å². The minimum absolute atomic E-state index is 0.0389. The largest absolute Gasteiger partial charge is 0.366 e. The van der Waals surface area contributed by atoms with Crippen LogP contribution in [-0.4, -0.2) is 46.9 Å². The molecule has 0 unspecified atom stereocenters. The molecule has 2 aromatic carbocycles. The average molecular weight is 427 g/mol. The number of primary amides is 1. The standard InChI is InChI=1S/C26H26N4O2/c1-15-13-30(14-16(2)28-15)26(32)18-8-9-20-19(10-18)11-21-22(25(27)31)12-23(29-24(20)21)17-6-4-3-5-7-17/h3-10,12,15-16,28H,11,13-14H2,1-2H3,(H2,27,31)/t15-,16+. The Hall–Kier alpha value is -3.51. The fraction of sp³-hybridized carbons (Fsp3) is 0.269. The van der Waals surface area contributed by atoms with E-state index in [0.717, 1.165) is 33.6 Å². The van der Waals surface area contributed by atoms with Crippen LogP contribution in [-0.2, 0) is 6.42 Å². The van der Waals surface area contributed by atoms with Gasteiger partial charge in [-0.3, -0.25) is 9.59 Å². The molecule has 2 atom stereocenters. The smallest absolute Gasteiger partial charge is 0.253 e. The van der Waals surface area contributed by atoms with Gasteiger partial charge in [-0.15, -0.1) is 0 Å². The van der Waals surface area contributed by atoms with Crippen molar-refractivity contribution in [1.29, 1.82) is 0 Å². The summed E-state index contributed by atoms with van der Waals surface area (Å²) in [4.78, 5) is 32.2. The molecule has 6 nitrogen and oxygen atoms in total. The number of rotatable bonds is 3. The summed E-state index contributed by atoms with van der Waals surface area (Å²) in [6.45, 7) is 5.57. The molecule has 0 radical (unpaired) electrons. The van der Waals surface area contributed by atoms with E-state index >= 15 is 0 Å². The molecular weight excluding hydrogens is 400 g/mol. The summed E-state index contributed by atoms with van der Waals surface area (Å²) in [7, 11) is 0. The van der Waals surface area contributed by atoms with Crippen molar-refractivity contribution in [3.63, 3.8) is 0 Å². The number of fused-ring (bicyclic) bond motifs is 3. The summed E-state index contributed by atoms with van der Waals surface area (Å²) in [5.74, 6) is -0.425. The Balaban J connectivity index is 1.53. The molecule has 0 saturated carbocycles. The summed E-state index contributed by atoms with van der Waals surface area (Å²) in [6, 6.07) is 17.8. The van der Waals surface area contributed by atoms with Crippen LogP contribution in [0.25, 0.3) is 22.5 Å². The van der Waals surface area contributed by atoms with Crippen molar-refractivity contribution in [2.45, 2.75) is 32.4 Å². The zero-order chi connectivity index (χ0) is 22.4. The molecule has 0 spiro atoms. The molecule has 1 aliphatic heterocycles. The van der Waals surface area contributed by atoms with Gasteiger partial charge in [0.25, 0.3) is 5.91 Å². The molecule has 3 N–H and O–H groups in total. The average Bonchev–Trinajstić information content (AvgIpc) is 3.15. The van der Waals surface area contributed by atoms with E-state index in [1.165, 1.54) is 0 Å². The monoisotopic (exact) mass is 426 g/mol. The van der Waals surface area contributed by atoms with E-state index in [2.05, 4.69) is 19.2 Å². The highest BCUT2D eigenvalue weighted by Crippen LogP contribution is 2.39. The first-order valence-electron chi connectivity index (χ1n) is 11.0. The van der Waals surface area contributed by atoms with Crippen molar-refractivity contribution in [3.05, 3.63) is 76.9 Å². The Morgan fingerprint density at radius 2 is 1.75 bits per heavy atom. The topological polar surface area (TPSA) is 88.3 Å². The quantitative estimate of drug-likeness (QED) is 0.526. The van der Waals surface area contributed by atoms with E-state index in [9.17, 15) is 9.59 Å². The lowest BCUT2D eigenvalue weighted by atomic mass is 10.0. The summed E-state index contributed by atoms with van der Waals surface area (Å²) in [5, 5.41) is 3.46. The second kappa shape index (κ2) is 7.88. The molecule has 6 heteroatoms. The zero-order valence-electron chi connectivity index (χ0n) is 18.3. The molecule has 2 amide bonds. The van der Waals surface area contributed by atoms with Gasteiger partial charge in [0, 0.05) is 53.8 Å². The van der Waals surface area contributed by atoms with E-state index < -0.39 is 5.91 Å². The zero-order valence-corrected chi connectivity index (χ0v) is 18.3. The molecule has 3 aromatic rings. The van der Waals surface area contributed by atoms with E-state index in [0.29, 0.717) is 30.6 Å². The Morgan fingerprint density at radius 1 is 1.03 bits per heavy atom. The molecular formula is C26H26N4O2. The fourth-order valence-corrected chi connectivity index (χ4v) is 4.92. The normalized spacial score (nSPS) is 19.4. The van der Waals surface area contributed by atoms with Crippen LogP contribution < -0.4 is 11.1 Å². The van der Waals surface area contributed by atoms with Crippen molar-refractivity contribution in [2.75, 3.05) is 13.1 Å². The first-order valence-corrected chi connectivity index (χ1v) is 11.0. The lowest BCUT2D eigenvalue weighted by molar-refractivity contribution is 0.0673. The van der Waals surface area contributed by atoms with Gasteiger partial charge in [-0.1, -0.05) is 36.4 Å². The third kappa shape index (κ3) is 3.56. The lowest BCUT2D eigenvalue weighted by Crippen LogP contribution is -2.55. The number of pyridine rings is 1. The van der Waals surface area contributed by atoms with E-state index in [1.807, 2.05) is 53.4 Å². The lowest BCUT2D eigenvalue weighted by Gasteiger charge is -2.36. The highest BCUT2D eigenvalue weighted by molar-refractivity contribution is 6.00. The highest BCUT2D eigenvalue weighted by Gasteiger charge is 2.29. The number of nitrogens with one attached hydrogen (secondary N) is 1. The van der Waals surface area contributed by atoms with Crippen LogP contribution in [0.1, 0.15) is 45.7 Å². The molecule has 1 aromatic heterocycles. The second-order valence-corrected chi connectivity index (χ2v) is 8.84. The van der Waals surface area contributed by atoms with E-state index in [4.69, 9.17) is 10.7 Å². The Labute approximate surface area is 187 Å². The number of hydrogen-bond acceptors (Lipinski definition) is 4. The van der Waals surface area contributed by atoms with Crippen LogP contribution in [0.2, 0.25) is 0 Å². The van der Waals surface area contributed by atoms with Gasteiger partial charge in [-0.25, -0.2) is 4.98 Å². The van der Waals surface area contributed by atoms with Gasteiger partial charge >= 0.3 is 0 Å². The highest BCUT2D eigenvalue weighted by atomic mass is 16.2. The second-order valence-electron chi connectivity index (χ2n) is 8.84. The van der Waals surface area contributed by atoms with E-state index in [-0.39, 0.29) is 18.0 Å². The van der Waals surface area contributed by atoms with Gasteiger partial charge in [-0.2, -0.15) is 0 Å². The van der Waals surface area contributed by atoms with Crippen LogP contribution in [0.5, 0.6) is 0 Å². The first kappa shape index (κ1) is 20.4. The summed E-state index contributed by atoms with van der Waals surface area (Å²) in [5.41, 5.74) is 12.1. The van der Waals surface area contributed by atoms with Crippen LogP contribution in [0, 0.1) is 0 Å². The number of carbonyl (C=O) groups is 2. The van der Waals surface area contributed by atoms with Gasteiger partial charge in [0.15, 0.2) is 0 Å². The summed E-state index contributed by atoms with van der Waals surface area (Å²) >= 11 is 0. The molecule has 2 heterocycles. The van der Waals surface area contributed by atoms with Crippen LogP contribution >= 0.6 is 0 Å². The molecule has 1 aliphatic carbocycles. The number of hydrogen-bond donors (Lipinski definition) is 2. The predicted octanol–water partition coefficient (Wildman–Crippen LogP) is 3.24. The predicted molar refractivity (Wildman–Crippen MR) is 124 cm³/mol. The molecule has 2 aliphatic rings. The van der Waals surface area contributed by atoms with Crippen molar-refractivity contribution in [1.82, 2.24) is 15.2 Å². The van der Waals surface area contributed by atoms with Gasteiger partial charge < -0.3 is 16.0 Å². The third-order valence-electron chi connectivity index (χ3n) is 6.28. The van der Waals surface area contributed by atoms with Crippen molar-refractivity contribution < 1.29 is 9.59 Å². The van der Waals surface area contributed by atoms with Crippen molar-refractivity contribution in [3.8, 4) is 22.5 Å². The number of nitrogens with zero attached hydrogens (tertiary/aromatic N) is 2. The molecule has 5 rings (SSSR count). The van der Waals surface area contributed by atoms with Gasteiger partial charge in [0.2, 0.25) is 5.91 Å².